The van der Waals surface area contributed by atoms with Crippen molar-refractivity contribution in [3.63, 3.8) is 0 Å². The number of fused-ring (bicyclic) bond motifs is 1. The summed E-state index contributed by atoms with van der Waals surface area (Å²) < 4.78 is 5.38. The van der Waals surface area contributed by atoms with Crippen LogP contribution in [0.1, 0.15) is 10.4 Å². The number of carbonyl (C=O) groups excluding carboxylic acids is 2. The minimum atomic E-state index is -0.247. The molecule has 6 nitrogen and oxygen atoms in total. The van der Waals surface area contributed by atoms with Gasteiger partial charge in [-0.05, 0) is 24.3 Å². The molecule has 0 bridgehead atoms. The first-order valence-corrected chi connectivity index (χ1v) is 6.40. The molecule has 0 atom stereocenters. The number of rotatable bonds is 2. The molecule has 0 fully saturated rings. The van der Waals surface area contributed by atoms with Gasteiger partial charge in [-0.15, -0.1) is 0 Å². The zero-order valence-electron chi connectivity index (χ0n) is 11.4. The van der Waals surface area contributed by atoms with Crippen molar-refractivity contribution in [1.82, 2.24) is 4.98 Å². The van der Waals surface area contributed by atoms with Gasteiger partial charge in [0.1, 0.15) is 5.75 Å². The summed E-state index contributed by atoms with van der Waals surface area (Å²) in [4.78, 5) is 29.0. The van der Waals surface area contributed by atoms with Crippen LogP contribution >= 0.6 is 0 Å². The highest BCUT2D eigenvalue weighted by molar-refractivity contribution is 6.04. The number of ether oxygens (including phenoxy) is 1. The van der Waals surface area contributed by atoms with E-state index in [0.29, 0.717) is 22.7 Å². The lowest BCUT2D eigenvalue weighted by Crippen LogP contribution is -2.35. The highest BCUT2D eigenvalue weighted by atomic mass is 16.5. The van der Waals surface area contributed by atoms with Gasteiger partial charge in [-0.3, -0.25) is 14.6 Å². The van der Waals surface area contributed by atoms with E-state index in [1.807, 2.05) is 0 Å². The average Bonchev–Trinajstić information content (AvgIpc) is 2.52. The minimum absolute atomic E-state index is 0.00348. The van der Waals surface area contributed by atoms with E-state index in [-0.39, 0.29) is 18.4 Å². The van der Waals surface area contributed by atoms with Gasteiger partial charge in [0.2, 0.25) is 0 Å². The van der Waals surface area contributed by atoms with Crippen LogP contribution in [0.2, 0.25) is 0 Å². The Kier molecular flexibility index (Phi) is 3.27. The molecule has 1 aromatic carbocycles. The SMILES string of the molecule is CN1C(=O)COc2cc(NC(=O)c3cccnc3)ccc21. The lowest BCUT2D eigenvalue weighted by molar-refractivity contribution is -0.120. The molecule has 106 valence electrons. The number of amides is 2. The van der Waals surface area contributed by atoms with Gasteiger partial charge in [-0.1, -0.05) is 0 Å². The third kappa shape index (κ3) is 2.55. The molecule has 3 rings (SSSR count). The number of likely N-dealkylation sites (N-methyl/N-ethyl adjacent to an activating group) is 1. The molecule has 6 heteroatoms. The van der Waals surface area contributed by atoms with Gasteiger partial charge >= 0.3 is 0 Å². The Hall–Kier alpha value is -2.89. The number of nitrogens with one attached hydrogen (secondary N) is 1. The van der Waals surface area contributed by atoms with Crippen molar-refractivity contribution in [2.75, 3.05) is 23.9 Å². The molecular weight excluding hydrogens is 270 g/mol. The summed E-state index contributed by atoms with van der Waals surface area (Å²) in [6, 6.07) is 8.55. The summed E-state index contributed by atoms with van der Waals surface area (Å²) in [7, 11) is 1.69. The maximum absolute atomic E-state index is 12.0. The molecular formula is C15H13N3O3. The van der Waals surface area contributed by atoms with Crippen LogP contribution in [0.5, 0.6) is 5.75 Å². The lowest BCUT2D eigenvalue weighted by atomic mass is 10.2. The van der Waals surface area contributed by atoms with Crippen LogP contribution in [0.4, 0.5) is 11.4 Å². The molecule has 1 N–H and O–H groups in total. The van der Waals surface area contributed by atoms with Gasteiger partial charge < -0.3 is 15.0 Å². The van der Waals surface area contributed by atoms with Gasteiger partial charge in [0.15, 0.2) is 6.61 Å². The number of carbonyl (C=O) groups is 2. The molecule has 0 spiro atoms. The first-order chi connectivity index (χ1) is 10.1. The van der Waals surface area contributed by atoms with Crippen LogP contribution in [-0.4, -0.2) is 30.5 Å². The molecule has 0 aliphatic carbocycles. The van der Waals surface area contributed by atoms with Crippen LogP contribution in [0.15, 0.2) is 42.7 Å². The fourth-order valence-corrected chi connectivity index (χ4v) is 2.06. The largest absolute Gasteiger partial charge is 0.481 e. The van der Waals surface area contributed by atoms with E-state index in [2.05, 4.69) is 10.3 Å². The highest BCUT2D eigenvalue weighted by Crippen LogP contribution is 2.33. The highest BCUT2D eigenvalue weighted by Gasteiger charge is 2.22. The summed E-state index contributed by atoms with van der Waals surface area (Å²) in [5, 5.41) is 2.77. The molecule has 1 aliphatic heterocycles. The predicted molar refractivity (Wildman–Crippen MR) is 77.5 cm³/mol. The Bertz CT molecular complexity index is 701. The van der Waals surface area contributed by atoms with Crippen LogP contribution in [0.3, 0.4) is 0 Å². The maximum atomic E-state index is 12.0. The van der Waals surface area contributed by atoms with Crippen molar-refractivity contribution in [3.05, 3.63) is 48.3 Å². The molecule has 0 radical (unpaired) electrons. The molecule has 2 heterocycles. The van der Waals surface area contributed by atoms with E-state index in [1.165, 1.54) is 11.1 Å². The second-order valence-electron chi connectivity index (χ2n) is 4.62. The first kappa shape index (κ1) is 13.1. The second kappa shape index (κ2) is 5.24. The number of nitrogens with zero attached hydrogens (tertiary/aromatic N) is 2. The van der Waals surface area contributed by atoms with E-state index in [1.54, 1.807) is 43.6 Å². The Labute approximate surface area is 121 Å². The minimum Gasteiger partial charge on any atom is -0.481 e. The lowest BCUT2D eigenvalue weighted by Gasteiger charge is -2.26. The Morgan fingerprint density at radius 2 is 2.24 bits per heavy atom. The maximum Gasteiger partial charge on any atom is 0.264 e. The molecule has 0 unspecified atom stereocenters. The molecule has 0 saturated carbocycles. The van der Waals surface area contributed by atoms with Crippen LogP contribution in [0.25, 0.3) is 0 Å². The summed E-state index contributed by atoms with van der Waals surface area (Å²) in [5.74, 6) is 0.221. The summed E-state index contributed by atoms with van der Waals surface area (Å²) in [5.41, 5.74) is 1.76. The van der Waals surface area contributed by atoms with Crippen molar-refractivity contribution in [3.8, 4) is 5.75 Å². The molecule has 2 amide bonds. The van der Waals surface area contributed by atoms with E-state index < -0.39 is 0 Å². The fourth-order valence-electron chi connectivity index (χ4n) is 2.06. The number of benzene rings is 1. The summed E-state index contributed by atoms with van der Waals surface area (Å²) in [6.07, 6.45) is 3.10. The fraction of sp³-hybridized carbons (Fsp3) is 0.133. The van der Waals surface area contributed by atoms with E-state index >= 15 is 0 Å². The Balaban J connectivity index is 1.82. The van der Waals surface area contributed by atoms with Crippen molar-refractivity contribution in [2.45, 2.75) is 0 Å². The van der Waals surface area contributed by atoms with Crippen LogP contribution < -0.4 is 15.0 Å². The Morgan fingerprint density at radius 1 is 1.38 bits per heavy atom. The first-order valence-electron chi connectivity index (χ1n) is 6.40. The number of hydrogen-bond donors (Lipinski definition) is 1. The predicted octanol–water partition coefficient (Wildman–Crippen LogP) is 1.69. The second-order valence-corrected chi connectivity index (χ2v) is 4.62. The third-order valence-corrected chi connectivity index (χ3v) is 3.23. The monoisotopic (exact) mass is 283 g/mol. The quantitative estimate of drug-likeness (QED) is 0.910. The van der Waals surface area contributed by atoms with E-state index in [4.69, 9.17) is 4.74 Å². The van der Waals surface area contributed by atoms with Crippen LogP contribution in [-0.2, 0) is 4.79 Å². The van der Waals surface area contributed by atoms with Crippen molar-refractivity contribution in [2.24, 2.45) is 0 Å². The van der Waals surface area contributed by atoms with Gasteiger partial charge in [-0.2, -0.15) is 0 Å². The normalized spacial score (nSPS) is 13.4. The number of pyridine rings is 1. The zero-order valence-corrected chi connectivity index (χ0v) is 11.4. The molecule has 0 saturated heterocycles. The van der Waals surface area contributed by atoms with Crippen molar-refractivity contribution >= 4 is 23.2 Å². The molecule has 1 aromatic heterocycles. The van der Waals surface area contributed by atoms with Crippen LogP contribution in [0, 0.1) is 0 Å². The van der Waals surface area contributed by atoms with Gasteiger partial charge in [-0.25, -0.2) is 0 Å². The van der Waals surface area contributed by atoms with Crippen molar-refractivity contribution < 1.29 is 14.3 Å². The summed E-state index contributed by atoms with van der Waals surface area (Å²) >= 11 is 0. The molecule has 2 aromatic rings. The number of aromatic nitrogens is 1. The summed E-state index contributed by atoms with van der Waals surface area (Å²) in [6.45, 7) is 0.00348. The zero-order chi connectivity index (χ0) is 14.8. The molecule has 1 aliphatic rings. The number of anilines is 2. The van der Waals surface area contributed by atoms with Gasteiger partial charge in [0.05, 0.1) is 11.3 Å². The standard InChI is InChI=1S/C15H13N3O3/c1-18-12-5-4-11(7-13(12)21-9-14(18)19)17-15(20)10-3-2-6-16-8-10/h2-8H,9H2,1H3,(H,17,20). The van der Waals surface area contributed by atoms with E-state index in [0.717, 1.165) is 0 Å². The topological polar surface area (TPSA) is 71.5 Å². The number of hydrogen-bond acceptors (Lipinski definition) is 4. The molecule has 21 heavy (non-hydrogen) atoms. The third-order valence-electron chi connectivity index (χ3n) is 3.23. The van der Waals surface area contributed by atoms with E-state index in [9.17, 15) is 9.59 Å². The van der Waals surface area contributed by atoms with Gasteiger partial charge in [0, 0.05) is 31.2 Å². The smallest absolute Gasteiger partial charge is 0.264 e. The Morgan fingerprint density at radius 3 is 3.00 bits per heavy atom. The van der Waals surface area contributed by atoms with Crippen molar-refractivity contribution in [1.29, 1.82) is 0 Å². The average molecular weight is 283 g/mol. The van der Waals surface area contributed by atoms with Gasteiger partial charge in [0.25, 0.3) is 11.8 Å².